The van der Waals surface area contributed by atoms with Crippen LogP contribution in [-0.4, -0.2) is 17.3 Å². The third-order valence-corrected chi connectivity index (χ3v) is 6.62. The maximum absolute atomic E-state index is 12.0. The number of rotatable bonds is 2. The predicted molar refractivity (Wildman–Crippen MR) is 69.5 cm³/mol. The maximum Gasteiger partial charge on any atom is 0.176 e. The van der Waals surface area contributed by atoms with E-state index in [1.54, 1.807) is 0 Å². The van der Waals surface area contributed by atoms with Gasteiger partial charge < -0.3 is 0 Å². The summed E-state index contributed by atoms with van der Waals surface area (Å²) >= 11 is 10.2. The van der Waals surface area contributed by atoms with Gasteiger partial charge in [0.15, 0.2) is 5.78 Å². The Labute approximate surface area is 108 Å². The molecular formula is C9H8Br2OS2. The van der Waals surface area contributed by atoms with E-state index < -0.39 is 0 Å². The van der Waals surface area contributed by atoms with Gasteiger partial charge in [-0.2, -0.15) is 11.8 Å². The number of thioether (sulfide) groups is 1. The first-order chi connectivity index (χ1) is 6.68. The minimum absolute atomic E-state index is 0.248. The highest BCUT2D eigenvalue weighted by molar-refractivity contribution is 9.13. The summed E-state index contributed by atoms with van der Waals surface area (Å²) in [6, 6.07) is 1.92. The van der Waals surface area contributed by atoms with Crippen molar-refractivity contribution < 1.29 is 4.79 Å². The molecule has 2 rings (SSSR count). The Morgan fingerprint density at radius 1 is 1.50 bits per heavy atom. The molecule has 1 saturated heterocycles. The molecule has 0 N–H and O–H groups in total. The van der Waals surface area contributed by atoms with Crippen LogP contribution in [0.4, 0.5) is 0 Å². The van der Waals surface area contributed by atoms with Crippen LogP contribution in [0, 0.1) is 5.92 Å². The molecule has 1 aliphatic heterocycles. The van der Waals surface area contributed by atoms with E-state index in [1.165, 1.54) is 11.3 Å². The van der Waals surface area contributed by atoms with Crippen LogP contribution < -0.4 is 0 Å². The normalized spacial score (nSPS) is 21.4. The number of thiophene rings is 1. The Bertz CT molecular complexity index is 336. The molecule has 1 fully saturated rings. The van der Waals surface area contributed by atoms with E-state index in [0.29, 0.717) is 5.78 Å². The molecule has 1 atom stereocenters. The molecular weight excluding hydrogens is 348 g/mol. The molecule has 5 heteroatoms. The quantitative estimate of drug-likeness (QED) is 0.739. The van der Waals surface area contributed by atoms with Crippen molar-refractivity contribution in [2.24, 2.45) is 5.92 Å². The second kappa shape index (κ2) is 4.68. The summed E-state index contributed by atoms with van der Waals surface area (Å²) in [5.41, 5.74) is 0. The molecule has 0 saturated carbocycles. The highest BCUT2D eigenvalue weighted by Crippen LogP contribution is 2.35. The van der Waals surface area contributed by atoms with Gasteiger partial charge in [0.05, 0.1) is 8.66 Å². The van der Waals surface area contributed by atoms with E-state index in [4.69, 9.17) is 0 Å². The molecule has 0 amide bonds. The van der Waals surface area contributed by atoms with E-state index in [1.807, 2.05) is 17.8 Å². The van der Waals surface area contributed by atoms with E-state index in [-0.39, 0.29) is 5.92 Å². The Hall–Kier alpha value is 0.680. The molecule has 0 bridgehead atoms. The molecule has 0 radical (unpaired) electrons. The van der Waals surface area contributed by atoms with Gasteiger partial charge >= 0.3 is 0 Å². The van der Waals surface area contributed by atoms with E-state index >= 15 is 0 Å². The fourth-order valence-electron chi connectivity index (χ4n) is 1.41. The second-order valence-electron chi connectivity index (χ2n) is 3.16. The number of Topliss-reactive ketones (excluding diaryl/α,β-unsaturated/α-hetero) is 1. The van der Waals surface area contributed by atoms with Gasteiger partial charge in [0.2, 0.25) is 0 Å². The molecule has 1 aliphatic rings. The molecule has 76 valence electrons. The molecule has 2 heterocycles. The first kappa shape index (κ1) is 11.2. The Morgan fingerprint density at radius 3 is 2.79 bits per heavy atom. The molecule has 1 aromatic rings. The number of hydrogen-bond acceptors (Lipinski definition) is 3. The van der Waals surface area contributed by atoms with Crippen molar-refractivity contribution in [3.05, 3.63) is 19.2 Å². The zero-order valence-electron chi connectivity index (χ0n) is 7.26. The van der Waals surface area contributed by atoms with Crippen LogP contribution in [0.1, 0.15) is 16.1 Å². The lowest BCUT2D eigenvalue weighted by Crippen LogP contribution is -2.12. The van der Waals surface area contributed by atoms with Crippen LogP contribution in [0.15, 0.2) is 14.3 Å². The van der Waals surface area contributed by atoms with Gasteiger partial charge in [-0.15, -0.1) is 11.3 Å². The summed E-state index contributed by atoms with van der Waals surface area (Å²) in [6.45, 7) is 0. The van der Waals surface area contributed by atoms with Crippen molar-refractivity contribution in [1.29, 1.82) is 0 Å². The molecule has 14 heavy (non-hydrogen) atoms. The SMILES string of the molecule is O=C(c1cc(Br)c(Br)s1)C1CCSC1. The maximum atomic E-state index is 12.0. The third kappa shape index (κ3) is 2.26. The van der Waals surface area contributed by atoms with Crippen LogP contribution in [-0.2, 0) is 0 Å². The van der Waals surface area contributed by atoms with Crippen LogP contribution >= 0.6 is 55.0 Å². The number of carbonyl (C=O) groups is 1. The molecule has 1 unspecified atom stereocenters. The van der Waals surface area contributed by atoms with Crippen molar-refractivity contribution in [3.8, 4) is 0 Å². The number of carbonyl (C=O) groups excluding carboxylic acids is 1. The summed E-state index contributed by atoms with van der Waals surface area (Å²) in [7, 11) is 0. The molecule has 0 spiro atoms. The third-order valence-electron chi connectivity index (χ3n) is 2.19. The van der Waals surface area contributed by atoms with Crippen molar-refractivity contribution in [1.82, 2.24) is 0 Å². The minimum atomic E-state index is 0.248. The molecule has 0 aromatic carbocycles. The van der Waals surface area contributed by atoms with Gasteiger partial charge in [0.1, 0.15) is 0 Å². The standard InChI is InChI=1S/C9H8Br2OS2/c10-6-3-7(14-9(6)11)8(12)5-1-2-13-4-5/h3,5H,1-2,4H2. The molecule has 1 aromatic heterocycles. The van der Waals surface area contributed by atoms with Gasteiger partial charge in [-0.05, 0) is 50.1 Å². The van der Waals surface area contributed by atoms with E-state index in [2.05, 4.69) is 31.9 Å². The smallest absolute Gasteiger partial charge is 0.176 e. The largest absolute Gasteiger partial charge is 0.293 e. The fraction of sp³-hybridized carbons (Fsp3) is 0.444. The number of ketones is 1. The number of hydrogen-bond donors (Lipinski definition) is 0. The van der Waals surface area contributed by atoms with Crippen molar-refractivity contribution >= 4 is 60.7 Å². The zero-order valence-corrected chi connectivity index (χ0v) is 12.1. The van der Waals surface area contributed by atoms with Crippen LogP contribution in [0.5, 0.6) is 0 Å². The Kier molecular flexibility index (Phi) is 3.73. The number of halogens is 2. The van der Waals surface area contributed by atoms with Crippen molar-refractivity contribution in [2.75, 3.05) is 11.5 Å². The van der Waals surface area contributed by atoms with E-state index in [0.717, 1.165) is 31.1 Å². The summed E-state index contributed by atoms with van der Waals surface area (Å²) < 4.78 is 1.99. The average Bonchev–Trinajstić information content (AvgIpc) is 2.76. The lowest BCUT2D eigenvalue weighted by molar-refractivity contribution is 0.0938. The first-order valence-electron chi connectivity index (χ1n) is 4.25. The van der Waals surface area contributed by atoms with Crippen LogP contribution in [0.3, 0.4) is 0 Å². The monoisotopic (exact) mass is 354 g/mol. The highest BCUT2D eigenvalue weighted by atomic mass is 79.9. The first-order valence-corrected chi connectivity index (χ1v) is 7.81. The van der Waals surface area contributed by atoms with Gasteiger partial charge in [0, 0.05) is 16.1 Å². The second-order valence-corrected chi connectivity index (χ2v) is 7.53. The van der Waals surface area contributed by atoms with Crippen molar-refractivity contribution in [2.45, 2.75) is 6.42 Å². The lowest BCUT2D eigenvalue weighted by Gasteiger charge is -2.03. The summed E-state index contributed by atoms with van der Waals surface area (Å²) in [4.78, 5) is 12.8. The van der Waals surface area contributed by atoms with E-state index in [9.17, 15) is 4.79 Å². The molecule has 1 nitrogen and oxygen atoms in total. The zero-order chi connectivity index (χ0) is 10.1. The van der Waals surface area contributed by atoms with Gasteiger partial charge in [-0.25, -0.2) is 0 Å². The average molecular weight is 356 g/mol. The summed E-state index contributed by atoms with van der Waals surface area (Å²) in [6.07, 6.45) is 1.04. The Morgan fingerprint density at radius 2 is 2.29 bits per heavy atom. The van der Waals surface area contributed by atoms with Crippen LogP contribution in [0.25, 0.3) is 0 Å². The van der Waals surface area contributed by atoms with Gasteiger partial charge in [-0.1, -0.05) is 0 Å². The van der Waals surface area contributed by atoms with Crippen LogP contribution in [0.2, 0.25) is 0 Å². The van der Waals surface area contributed by atoms with Crippen molar-refractivity contribution in [3.63, 3.8) is 0 Å². The topological polar surface area (TPSA) is 17.1 Å². The van der Waals surface area contributed by atoms with Gasteiger partial charge in [0.25, 0.3) is 0 Å². The lowest BCUT2D eigenvalue weighted by atomic mass is 10.0. The highest BCUT2D eigenvalue weighted by Gasteiger charge is 2.25. The summed E-state index contributed by atoms with van der Waals surface area (Å²) in [5, 5.41) is 0. The minimum Gasteiger partial charge on any atom is -0.293 e. The fourth-order valence-corrected chi connectivity index (χ4v) is 4.69. The Balaban J connectivity index is 2.18. The summed E-state index contributed by atoms with van der Waals surface area (Å²) in [5.74, 6) is 2.68. The predicted octanol–water partition coefficient (Wildman–Crippen LogP) is 4.21. The molecule has 0 aliphatic carbocycles. The van der Waals surface area contributed by atoms with Gasteiger partial charge in [-0.3, -0.25) is 4.79 Å².